The van der Waals surface area contributed by atoms with E-state index in [1.165, 1.54) is 0 Å². The van der Waals surface area contributed by atoms with Crippen LogP contribution in [0.2, 0.25) is 0 Å². The van der Waals surface area contributed by atoms with Crippen molar-refractivity contribution in [3.8, 4) is 22.8 Å². The number of hydrogen-bond donors (Lipinski definition) is 0. The van der Waals surface area contributed by atoms with Gasteiger partial charge in [0.05, 0.1) is 30.5 Å². The van der Waals surface area contributed by atoms with Crippen LogP contribution in [0.1, 0.15) is 11.8 Å². The number of ether oxygens (including phenoxy) is 2. The number of aromatic nitrogens is 1. The van der Waals surface area contributed by atoms with Gasteiger partial charge in [0.15, 0.2) is 0 Å². The molecular weight excluding hydrogens is 354 g/mol. The fraction of sp³-hybridized carbons (Fsp3) is 0.222. The molecule has 0 unspecified atom stereocenters. The van der Waals surface area contributed by atoms with Crippen molar-refractivity contribution in [2.45, 2.75) is 6.92 Å². The summed E-state index contributed by atoms with van der Waals surface area (Å²) in [5.41, 5.74) is 2.82. The maximum Gasteiger partial charge on any atom is 0.205 e. The van der Waals surface area contributed by atoms with Crippen LogP contribution in [-0.2, 0) is 0 Å². The molecule has 1 aromatic carbocycles. The van der Waals surface area contributed by atoms with Gasteiger partial charge in [0, 0.05) is 24.1 Å². The van der Waals surface area contributed by atoms with Crippen molar-refractivity contribution in [2.24, 2.45) is 10.1 Å². The van der Waals surface area contributed by atoms with E-state index in [1.54, 1.807) is 43.9 Å². The van der Waals surface area contributed by atoms with Crippen molar-refractivity contribution in [3.63, 3.8) is 0 Å². The molecule has 0 spiro atoms. The van der Waals surface area contributed by atoms with Crippen LogP contribution >= 0.6 is 22.7 Å². The van der Waals surface area contributed by atoms with Gasteiger partial charge in [-0.15, -0.1) is 22.7 Å². The minimum atomic E-state index is 0.734. The Hall–Kier alpha value is -2.38. The molecule has 2 heterocycles. The Morgan fingerprint density at radius 3 is 2.60 bits per heavy atom. The normalized spacial score (nSPS) is 12.5. The first-order valence-electron chi connectivity index (χ1n) is 7.63. The second kappa shape index (κ2) is 7.67. The second-order valence-electron chi connectivity index (χ2n) is 5.17. The molecule has 130 valence electrons. The second-order valence-corrected chi connectivity index (χ2v) is 6.95. The molecule has 0 radical (unpaired) electrons. The molecule has 5 nitrogen and oxygen atoms in total. The zero-order chi connectivity index (χ0) is 17.8. The highest BCUT2D eigenvalue weighted by Gasteiger charge is 2.14. The van der Waals surface area contributed by atoms with Gasteiger partial charge in [0.1, 0.15) is 11.5 Å². The third kappa shape index (κ3) is 3.52. The Bertz CT molecular complexity index is 953. The molecule has 3 aromatic rings. The van der Waals surface area contributed by atoms with Crippen LogP contribution in [0.3, 0.4) is 0 Å². The first-order chi connectivity index (χ1) is 12.2. The third-order valence-corrected chi connectivity index (χ3v) is 5.58. The van der Waals surface area contributed by atoms with Crippen molar-refractivity contribution >= 4 is 28.4 Å². The van der Waals surface area contributed by atoms with Gasteiger partial charge < -0.3 is 9.47 Å². The van der Waals surface area contributed by atoms with Crippen LogP contribution in [0.25, 0.3) is 11.3 Å². The summed E-state index contributed by atoms with van der Waals surface area (Å²) in [5, 5.41) is 8.89. The first kappa shape index (κ1) is 17.4. The van der Waals surface area contributed by atoms with Gasteiger partial charge in [0.25, 0.3) is 0 Å². The standard InChI is InChI=1S/C18H19N3O2S2/c1-12(17-6-5-9-24-17)20-21-15(11-25-18(21)19-2)14-8-7-13(22-3)10-16(14)23-4/h5-11H,1-4H3. The summed E-state index contributed by atoms with van der Waals surface area (Å²) in [6.45, 7) is 2.00. The summed E-state index contributed by atoms with van der Waals surface area (Å²) in [7, 11) is 5.07. The molecule has 0 amide bonds. The van der Waals surface area contributed by atoms with Crippen LogP contribution in [0.5, 0.6) is 11.5 Å². The van der Waals surface area contributed by atoms with Crippen LogP contribution in [0.15, 0.2) is 51.2 Å². The highest BCUT2D eigenvalue weighted by Crippen LogP contribution is 2.33. The van der Waals surface area contributed by atoms with Gasteiger partial charge in [-0.05, 0) is 30.5 Å². The highest BCUT2D eigenvalue weighted by molar-refractivity contribution is 7.12. The number of hydrogen-bond acceptors (Lipinski definition) is 6. The van der Waals surface area contributed by atoms with E-state index < -0.39 is 0 Å². The van der Waals surface area contributed by atoms with E-state index in [4.69, 9.17) is 14.6 Å². The fourth-order valence-corrected chi connectivity index (χ4v) is 3.89. The summed E-state index contributed by atoms with van der Waals surface area (Å²) < 4.78 is 12.7. The van der Waals surface area contributed by atoms with E-state index in [1.807, 2.05) is 46.6 Å². The summed E-state index contributed by atoms with van der Waals surface area (Å²) in [6, 6.07) is 9.85. The molecule has 0 saturated heterocycles. The van der Waals surface area contributed by atoms with Gasteiger partial charge in [-0.3, -0.25) is 4.99 Å². The summed E-state index contributed by atoms with van der Waals surface area (Å²) >= 11 is 3.21. The zero-order valence-electron chi connectivity index (χ0n) is 14.5. The highest BCUT2D eigenvalue weighted by atomic mass is 32.1. The lowest BCUT2D eigenvalue weighted by atomic mass is 10.1. The fourth-order valence-electron chi connectivity index (χ4n) is 2.43. The SMILES string of the molecule is CN=c1scc(-c2ccc(OC)cc2OC)n1N=C(C)c1cccs1. The van der Waals surface area contributed by atoms with Crippen molar-refractivity contribution in [1.29, 1.82) is 0 Å². The van der Waals surface area contributed by atoms with Crippen molar-refractivity contribution in [3.05, 3.63) is 50.8 Å². The molecule has 0 aliphatic heterocycles. The third-order valence-electron chi connectivity index (χ3n) is 3.69. The Morgan fingerprint density at radius 1 is 1.12 bits per heavy atom. The zero-order valence-corrected chi connectivity index (χ0v) is 16.1. The predicted molar refractivity (Wildman–Crippen MR) is 104 cm³/mol. The average molecular weight is 374 g/mol. The number of benzene rings is 1. The maximum atomic E-state index is 5.55. The number of thiophene rings is 1. The predicted octanol–water partition coefficient (Wildman–Crippen LogP) is 4.10. The largest absolute Gasteiger partial charge is 0.497 e. The lowest BCUT2D eigenvalue weighted by Crippen LogP contribution is -2.13. The van der Waals surface area contributed by atoms with E-state index in [0.717, 1.165) is 38.1 Å². The van der Waals surface area contributed by atoms with Crippen molar-refractivity contribution < 1.29 is 9.47 Å². The quantitative estimate of drug-likeness (QED) is 0.632. The molecule has 0 fully saturated rings. The molecule has 0 N–H and O–H groups in total. The van der Waals surface area contributed by atoms with Gasteiger partial charge in [-0.2, -0.15) is 5.10 Å². The lowest BCUT2D eigenvalue weighted by molar-refractivity contribution is 0.395. The van der Waals surface area contributed by atoms with Gasteiger partial charge in [0.2, 0.25) is 4.80 Å². The maximum absolute atomic E-state index is 5.55. The summed E-state index contributed by atoms with van der Waals surface area (Å²) in [5.74, 6) is 1.48. The van der Waals surface area contributed by atoms with Crippen molar-refractivity contribution in [1.82, 2.24) is 4.68 Å². The molecule has 0 bridgehead atoms. The first-order valence-corrected chi connectivity index (χ1v) is 9.39. The number of thiazole rings is 1. The lowest BCUT2D eigenvalue weighted by Gasteiger charge is -2.11. The minimum Gasteiger partial charge on any atom is -0.497 e. The Morgan fingerprint density at radius 2 is 1.96 bits per heavy atom. The number of rotatable bonds is 5. The molecule has 0 aliphatic carbocycles. The minimum absolute atomic E-state index is 0.734. The van der Waals surface area contributed by atoms with Crippen LogP contribution in [0.4, 0.5) is 0 Å². The Kier molecular flexibility index (Phi) is 5.35. The number of nitrogens with zero attached hydrogens (tertiary/aromatic N) is 3. The van der Waals surface area contributed by atoms with E-state index in [-0.39, 0.29) is 0 Å². The Balaban J connectivity index is 2.16. The summed E-state index contributed by atoms with van der Waals surface area (Å²) in [4.78, 5) is 6.31. The molecule has 0 aliphatic rings. The van der Waals surface area contributed by atoms with Crippen molar-refractivity contribution in [2.75, 3.05) is 21.3 Å². The van der Waals surface area contributed by atoms with Crippen LogP contribution in [0, 0.1) is 0 Å². The molecule has 25 heavy (non-hydrogen) atoms. The van der Waals surface area contributed by atoms with E-state index in [2.05, 4.69) is 11.1 Å². The van der Waals surface area contributed by atoms with Crippen LogP contribution in [-0.4, -0.2) is 31.7 Å². The molecule has 2 aromatic heterocycles. The van der Waals surface area contributed by atoms with Crippen LogP contribution < -0.4 is 14.3 Å². The average Bonchev–Trinajstić information content (AvgIpc) is 3.31. The van der Waals surface area contributed by atoms with Gasteiger partial charge in [-0.1, -0.05) is 6.07 Å². The van der Waals surface area contributed by atoms with Gasteiger partial charge in [-0.25, -0.2) is 4.68 Å². The molecule has 3 rings (SSSR count). The molecule has 7 heteroatoms. The summed E-state index contributed by atoms with van der Waals surface area (Å²) in [6.07, 6.45) is 0. The topological polar surface area (TPSA) is 48.1 Å². The smallest absolute Gasteiger partial charge is 0.205 e. The molecule has 0 saturated carbocycles. The number of methoxy groups -OCH3 is 2. The van der Waals surface area contributed by atoms with E-state index in [0.29, 0.717) is 0 Å². The van der Waals surface area contributed by atoms with E-state index in [9.17, 15) is 0 Å². The molecular formula is C18H19N3O2S2. The molecule has 0 atom stereocenters. The van der Waals surface area contributed by atoms with Gasteiger partial charge >= 0.3 is 0 Å². The Labute approximate surface area is 154 Å². The van der Waals surface area contributed by atoms with E-state index >= 15 is 0 Å². The monoisotopic (exact) mass is 373 g/mol.